The predicted molar refractivity (Wildman–Crippen MR) is 69.7 cm³/mol. The lowest BCUT2D eigenvalue weighted by Crippen LogP contribution is -2.27. The van der Waals surface area contributed by atoms with Crippen LogP contribution in [0.4, 0.5) is 0 Å². The van der Waals surface area contributed by atoms with Crippen LogP contribution in [0.2, 0.25) is 0 Å². The van der Waals surface area contributed by atoms with Crippen LogP contribution in [0.15, 0.2) is 15.9 Å². The number of carbonyl (C=O) groups excluding carboxylic acids is 1. The molecule has 0 aliphatic carbocycles. The number of hydrogen-bond acceptors (Lipinski definition) is 3. The summed E-state index contributed by atoms with van der Waals surface area (Å²) in [4.78, 5) is 12.3. The molecule has 6 heteroatoms. The quantitative estimate of drug-likeness (QED) is 0.873. The van der Waals surface area contributed by atoms with Crippen LogP contribution in [0.5, 0.6) is 0 Å². The van der Waals surface area contributed by atoms with Crippen LogP contribution in [0.1, 0.15) is 11.3 Å². The van der Waals surface area contributed by atoms with E-state index in [0.29, 0.717) is 19.5 Å². The van der Waals surface area contributed by atoms with Gasteiger partial charge < -0.3 is 11.1 Å². The lowest BCUT2D eigenvalue weighted by atomic mass is 10.3. The highest BCUT2D eigenvalue weighted by atomic mass is 79.9. The number of hydrogen-bond donors (Lipinski definition) is 2. The fourth-order valence-electron chi connectivity index (χ4n) is 1.03. The average Bonchev–Trinajstić information content (AvgIpc) is 2.52. The van der Waals surface area contributed by atoms with E-state index in [0.717, 1.165) is 10.2 Å². The van der Waals surface area contributed by atoms with Gasteiger partial charge in [-0.25, -0.2) is 0 Å². The van der Waals surface area contributed by atoms with Gasteiger partial charge in [-0.2, -0.15) is 0 Å². The monoisotopic (exact) mass is 312 g/mol. The molecule has 0 aliphatic heterocycles. The molecule has 3 nitrogen and oxygen atoms in total. The summed E-state index contributed by atoms with van der Waals surface area (Å²) in [6, 6.07) is 4.07. The first-order valence-corrected chi connectivity index (χ1v) is 6.04. The second-order valence-corrected chi connectivity index (χ2v) is 5.39. The SMILES string of the molecule is Cl.NCCC(=O)NCCc1ccc(Br)s1. The van der Waals surface area contributed by atoms with Crippen LogP contribution >= 0.6 is 39.7 Å². The minimum Gasteiger partial charge on any atom is -0.356 e. The van der Waals surface area contributed by atoms with Gasteiger partial charge in [0.25, 0.3) is 0 Å². The van der Waals surface area contributed by atoms with Crippen molar-refractivity contribution in [3.8, 4) is 0 Å². The maximum absolute atomic E-state index is 11.0. The third kappa shape index (κ3) is 6.14. The Labute approximate surface area is 108 Å². The molecule has 0 saturated carbocycles. The Morgan fingerprint density at radius 1 is 1.53 bits per heavy atom. The highest BCUT2D eigenvalue weighted by molar-refractivity contribution is 9.11. The molecule has 0 saturated heterocycles. The molecular weight excluding hydrogens is 300 g/mol. The molecule has 1 heterocycles. The van der Waals surface area contributed by atoms with E-state index < -0.39 is 0 Å². The van der Waals surface area contributed by atoms with Gasteiger partial charge in [0.2, 0.25) is 5.91 Å². The van der Waals surface area contributed by atoms with Crippen molar-refractivity contribution in [2.75, 3.05) is 13.1 Å². The molecule has 86 valence electrons. The van der Waals surface area contributed by atoms with Gasteiger partial charge in [0.05, 0.1) is 3.79 Å². The van der Waals surface area contributed by atoms with Gasteiger partial charge in [-0.05, 0) is 34.5 Å². The fraction of sp³-hybridized carbons (Fsp3) is 0.444. The second-order valence-electron chi connectivity index (χ2n) is 2.84. The Kier molecular flexibility index (Phi) is 8.04. The van der Waals surface area contributed by atoms with E-state index in [2.05, 4.69) is 27.3 Å². The number of rotatable bonds is 5. The summed E-state index contributed by atoms with van der Waals surface area (Å²) in [7, 11) is 0. The number of nitrogens with two attached hydrogens (primary N) is 1. The van der Waals surface area contributed by atoms with E-state index in [1.54, 1.807) is 11.3 Å². The van der Waals surface area contributed by atoms with Crippen LogP contribution in [-0.4, -0.2) is 19.0 Å². The van der Waals surface area contributed by atoms with Crippen molar-refractivity contribution in [1.29, 1.82) is 0 Å². The number of amides is 1. The fourth-order valence-corrected chi connectivity index (χ4v) is 2.51. The first kappa shape index (κ1) is 14.9. The van der Waals surface area contributed by atoms with Gasteiger partial charge in [0.1, 0.15) is 0 Å². The Balaban J connectivity index is 0.00000196. The Hall–Kier alpha value is -0.100. The van der Waals surface area contributed by atoms with Crippen molar-refractivity contribution >= 4 is 45.6 Å². The molecule has 1 rings (SSSR count). The van der Waals surface area contributed by atoms with Crippen molar-refractivity contribution in [1.82, 2.24) is 5.32 Å². The van der Waals surface area contributed by atoms with Gasteiger partial charge in [-0.1, -0.05) is 0 Å². The normalized spacial score (nSPS) is 9.47. The van der Waals surface area contributed by atoms with E-state index in [1.807, 2.05) is 6.07 Å². The molecule has 15 heavy (non-hydrogen) atoms. The summed E-state index contributed by atoms with van der Waals surface area (Å²) in [6.07, 6.45) is 1.29. The number of nitrogens with one attached hydrogen (secondary N) is 1. The molecule has 0 fully saturated rings. The van der Waals surface area contributed by atoms with Crippen LogP contribution in [-0.2, 0) is 11.2 Å². The van der Waals surface area contributed by atoms with Crippen molar-refractivity contribution in [3.05, 3.63) is 20.8 Å². The van der Waals surface area contributed by atoms with E-state index >= 15 is 0 Å². The third-order valence-corrected chi connectivity index (χ3v) is 3.38. The van der Waals surface area contributed by atoms with Crippen molar-refractivity contribution in [3.63, 3.8) is 0 Å². The van der Waals surface area contributed by atoms with Crippen LogP contribution < -0.4 is 11.1 Å². The molecule has 1 amide bonds. The summed E-state index contributed by atoms with van der Waals surface area (Å²) < 4.78 is 1.13. The van der Waals surface area contributed by atoms with E-state index in [-0.39, 0.29) is 18.3 Å². The minimum atomic E-state index is 0. The summed E-state index contributed by atoms with van der Waals surface area (Å²) in [5, 5.41) is 2.81. The standard InChI is InChI=1S/C9H13BrN2OS.ClH/c10-8-2-1-7(14-8)4-6-12-9(13)3-5-11;/h1-2H,3-6,11H2,(H,12,13);1H. The van der Waals surface area contributed by atoms with Crippen LogP contribution in [0.3, 0.4) is 0 Å². The zero-order valence-electron chi connectivity index (χ0n) is 8.16. The summed E-state index contributed by atoms with van der Waals surface area (Å²) >= 11 is 5.09. The topological polar surface area (TPSA) is 55.1 Å². The molecule has 0 spiro atoms. The van der Waals surface area contributed by atoms with Crippen LogP contribution in [0, 0.1) is 0 Å². The van der Waals surface area contributed by atoms with Crippen molar-refractivity contribution in [2.24, 2.45) is 5.73 Å². The molecule has 3 N–H and O–H groups in total. The van der Waals surface area contributed by atoms with Gasteiger partial charge in [0, 0.05) is 24.4 Å². The number of carbonyl (C=O) groups is 1. The van der Waals surface area contributed by atoms with E-state index in [9.17, 15) is 4.79 Å². The molecular formula is C9H14BrClN2OS. The molecule has 0 radical (unpaired) electrons. The molecule has 0 bridgehead atoms. The maximum Gasteiger partial charge on any atom is 0.221 e. The first-order valence-electron chi connectivity index (χ1n) is 4.43. The summed E-state index contributed by atoms with van der Waals surface area (Å²) in [5.41, 5.74) is 5.25. The van der Waals surface area contributed by atoms with Crippen LogP contribution in [0.25, 0.3) is 0 Å². The molecule has 0 atom stereocenters. The largest absolute Gasteiger partial charge is 0.356 e. The first-order chi connectivity index (χ1) is 6.72. The van der Waals surface area contributed by atoms with Gasteiger partial charge in [0.15, 0.2) is 0 Å². The smallest absolute Gasteiger partial charge is 0.221 e. The van der Waals surface area contributed by atoms with Crippen molar-refractivity contribution < 1.29 is 4.79 Å². The lowest BCUT2D eigenvalue weighted by Gasteiger charge is -2.01. The molecule has 0 unspecified atom stereocenters. The zero-order valence-corrected chi connectivity index (χ0v) is 11.4. The Morgan fingerprint density at radius 2 is 2.27 bits per heavy atom. The van der Waals surface area contributed by atoms with Crippen molar-refractivity contribution in [2.45, 2.75) is 12.8 Å². The second kappa shape index (κ2) is 8.10. The predicted octanol–water partition coefficient (Wildman–Crippen LogP) is 1.94. The van der Waals surface area contributed by atoms with E-state index in [1.165, 1.54) is 4.88 Å². The minimum absolute atomic E-state index is 0. The molecule has 0 aliphatic rings. The highest BCUT2D eigenvalue weighted by Gasteiger charge is 2.00. The maximum atomic E-state index is 11.0. The van der Waals surface area contributed by atoms with Gasteiger partial charge >= 0.3 is 0 Å². The molecule has 1 aromatic rings. The number of thiophene rings is 1. The highest BCUT2D eigenvalue weighted by Crippen LogP contribution is 2.21. The molecule has 0 aromatic carbocycles. The van der Waals surface area contributed by atoms with E-state index in [4.69, 9.17) is 5.73 Å². The summed E-state index contributed by atoms with van der Waals surface area (Å²) in [6.45, 7) is 1.10. The van der Waals surface area contributed by atoms with Gasteiger partial charge in [-0.15, -0.1) is 23.7 Å². The molecule has 1 aromatic heterocycles. The Bertz CT molecular complexity index is 306. The lowest BCUT2D eigenvalue weighted by molar-refractivity contribution is -0.120. The van der Waals surface area contributed by atoms with Gasteiger partial charge in [-0.3, -0.25) is 4.79 Å². The zero-order chi connectivity index (χ0) is 10.4. The average molecular weight is 314 g/mol. The Morgan fingerprint density at radius 3 is 2.80 bits per heavy atom. The number of halogens is 2. The summed E-state index contributed by atoms with van der Waals surface area (Å²) in [5.74, 6) is 0.0307. The third-order valence-electron chi connectivity index (χ3n) is 1.69.